The number of fused-ring (bicyclic) bond motifs is 8. The molecule has 30 heavy (non-hydrogen) atoms. The van der Waals surface area contributed by atoms with Crippen LogP contribution in [0.1, 0.15) is 78.6 Å². The summed E-state index contributed by atoms with van der Waals surface area (Å²) in [6.07, 6.45) is 10.7. The molecule has 13 atom stereocenters. The maximum Gasteiger partial charge on any atom is 0.0577 e. The van der Waals surface area contributed by atoms with Crippen LogP contribution in [0.3, 0.4) is 0 Å². The smallest absolute Gasteiger partial charge is 0.0577 e. The molecule has 1 unspecified atom stereocenters. The van der Waals surface area contributed by atoms with E-state index >= 15 is 0 Å². The fourth-order valence-corrected chi connectivity index (χ4v) is 10.6. The summed E-state index contributed by atoms with van der Waals surface area (Å²) in [6.45, 7) is 10.3. The third-order valence-corrected chi connectivity index (χ3v) is 12.0. The Morgan fingerprint density at radius 1 is 0.733 bits per heavy atom. The fourth-order valence-electron chi connectivity index (χ4n) is 10.6. The summed E-state index contributed by atoms with van der Waals surface area (Å²) in [5, 5.41) is 21.5. The van der Waals surface area contributed by atoms with Gasteiger partial charge in [0.2, 0.25) is 0 Å². The molecule has 6 rings (SSSR count). The fraction of sp³-hybridized carbons (Fsp3) is 1.00. The summed E-state index contributed by atoms with van der Waals surface area (Å²) in [5.41, 5.74) is 0.261. The van der Waals surface area contributed by atoms with Crippen LogP contribution < -0.4 is 0 Å². The summed E-state index contributed by atoms with van der Waals surface area (Å²) in [6, 6.07) is 0.853. The molecule has 2 saturated heterocycles. The van der Waals surface area contributed by atoms with E-state index in [0.29, 0.717) is 5.92 Å². The van der Waals surface area contributed by atoms with Gasteiger partial charge in [-0.3, -0.25) is 4.90 Å². The van der Waals surface area contributed by atoms with Crippen molar-refractivity contribution in [2.45, 2.75) is 96.8 Å². The molecular weight excluding hydrogens is 370 g/mol. The minimum absolute atomic E-state index is 0.180. The molecule has 3 heteroatoms. The third kappa shape index (κ3) is 2.86. The van der Waals surface area contributed by atoms with Crippen LogP contribution in [-0.2, 0) is 0 Å². The van der Waals surface area contributed by atoms with Gasteiger partial charge in [0, 0.05) is 19.1 Å². The maximum absolute atomic E-state index is 11.2. The second kappa shape index (κ2) is 7.19. The van der Waals surface area contributed by atoms with Gasteiger partial charge in [0.25, 0.3) is 0 Å². The highest BCUT2D eigenvalue weighted by Gasteiger charge is 2.62. The predicted octanol–water partition coefficient (Wildman–Crippen LogP) is 4.56. The number of rotatable bonds is 0. The minimum Gasteiger partial charge on any atom is -0.393 e. The Hall–Kier alpha value is -0.120. The lowest BCUT2D eigenvalue weighted by atomic mass is 9.51. The molecular formula is C27H45NO2. The van der Waals surface area contributed by atoms with Crippen molar-refractivity contribution in [2.24, 2.45) is 58.7 Å². The van der Waals surface area contributed by atoms with Crippen molar-refractivity contribution in [3.63, 3.8) is 0 Å². The van der Waals surface area contributed by atoms with Gasteiger partial charge in [0.1, 0.15) is 0 Å². The van der Waals surface area contributed by atoms with E-state index in [9.17, 15) is 10.2 Å². The quantitative estimate of drug-likeness (QED) is 0.609. The highest BCUT2D eigenvalue weighted by molar-refractivity contribution is 5.12. The Kier molecular flexibility index (Phi) is 4.91. The standard InChI is InChI=1S/C27H45NO2/c1-15-4-7-25-16(2)18-5-6-19-20(22(18)14-28(25)13-15)11-23-21(19)12-26(30)24-10-17(29)8-9-27(23,24)3/h15-26,29-30H,4-14H2,1-3H3/t15?,16-,17-,18+,19+,20+,21-,22+,23-,24+,25-,26+,27+/m0/s1. The van der Waals surface area contributed by atoms with Crippen molar-refractivity contribution in [2.75, 3.05) is 13.1 Å². The van der Waals surface area contributed by atoms with Crippen molar-refractivity contribution in [3.8, 4) is 0 Å². The number of hydrogen-bond donors (Lipinski definition) is 2. The Morgan fingerprint density at radius 3 is 2.37 bits per heavy atom. The monoisotopic (exact) mass is 415 g/mol. The van der Waals surface area contributed by atoms with Crippen LogP contribution in [0.25, 0.3) is 0 Å². The Morgan fingerprint density at radius 2 is 1.53 bits per heavy atom. The molecule has 0 spiro atoms. The molecule has 0 bridgehead atoms. The van der Waals surface area contributed by atoms with E-state index in [4.69, 9.17) is 0 Å². The number of aliphatic hydroxyl groups excluding tert-OH is 2. The Labute approximate surface area is 184 Å². The van der Waals surface area contributed by atoms with Crippen molar-refractivity contribution in [1.82, 2.24) is 4.90 Å². The van der Waals surface area contributed by atoms with Gasteiger partial charge >= 0.3 is 0 Å². The molecule has 0 aromatic carbocycles. The van der Waals surface area contributed by atoms with Crippen molar-refractivity contribution < 1.29 is 10.2 Å². The Bertz CT molecular complexity index is 665. The van der Waals surface area contributed by atoms with E-state index < -0.39 is 0 Å². The number of hydrogen-bond acceptors (Lipinski definition) is 3. The second-order valence-corrected chi connectivity index (χ2v) is 13.1. The zero-order valence-electron chi connectivity index (χ0n) is 19.5. The largest absolute Gasteiger partial charge is 0.393 e. The van der Waals surface area contributed by atoms with Crippen LogP contribution in [0.4, 0.5) is 0 Å². The summed E-state index contributed by atoms with van der Waals surface area (Å²) in [7, 11) is 0. The lowest BCUT2D eigenvalue weighted by Gasteiger charge is -2.56. The molecule has 0 aromatic heterocycles. The van der Waals surface area contributed by atoms with Gasteiger partial charge in [0.15, 0.2) is 0 Å². The first-order valence-electron chi connectivity index (χ1n) is 13.5. The topological polar surface area (TPSA) is 43.7 Å². The number of piperidine rings is 2. The van der Waals surface area contributed by atoms with Gasteiger partial charge in [0.05, 0.1) is 12.2 Å². The lowest BCUT2D eigenvalue weighted by molar-refractivity contribution is -0.130. The van der Waals surface area contributed by atoms with Crippen LogP contribution in [0, 0.1) is 58.7 Å². The maximum atomic E-state index is 11.2. The third-order valence-electron chi connectivity index (χ3n) is 12.0. The molecule has 2 heterocycles. The zero-order chi connectivity index (χ0) is 20.8. The highest BCUT2D eigenvalue weighted by atomic mass is 16.3. The van der Waals surface area contributed by atoms with Gasteiger partial charge < -0.3 is 10.2 Å². The summed E-state index contributed by atoms with van der Waals surface area (Å²) in [5.74, 6) is 7.22. The van der Waals surface area contributed by atoms with E-state index in [1.807, 2.05) is 0 Å². The number of aliphatic hydroxyl groups is 2. The molecule has 6 aliphatic rings. The summed E-state index contributed by atoms with van der Waals surface area (Å²) < 4.78 is 0. The molecule has 6 fully saturated rings. The highest BCUT2D eigenvalue weighted by Crippen LogP contribution is 2.67. The predicted molar refractivity (Wildman–Crippen MR) is 120 cm³/mol. The minimum atomic E-state index is -0.181. The average molecular weight is 416 g/mol. The molecule has 3 nitrogen and oxygen atoms in total. The molecule has 0 amide bonds. The van der Waals surface area contributed by atoms with Gasteiger partial charge in [-0.1, -0.05) is 20.8 Å². The van der Waals surface area contributed by atoms with Crippen molar-refractivity contribution in [3.05, 3.63) is 0 Å². The average Bonchev–Trinajstić information content (AvgIpc) is 3.09. The zero-order valence-corrected chi connectivity index (χ0v) is 19.5. The van der Waals surface area contributed by atoms with E-state index in [-0.39, 0.29) is 17.6 Å². The van der Waals surface area contributed by atoms with Crippen LogP contribution in [0.2, 0.25) is 0 Å². The van der Waals surface area contributed by atoms with E-state index in [0.717, 1.165) is 79.1 Å². The van der Waals surface area contributed by atoms with Crippen LogP contribution in [0.15, 0.2) is 0 Å². The first-order chi connectivity index (χ1) is 14.4. The van der Waals surface area contributed by atoms with Gasteiger partial charge in [-0.2, -0.15) is 0 Å². The van der Waals surface area contributed by atoms with E-state index in [1.165, 1.54) is 45.2 Å². The lowest BCUT2D eigenvalue weighted by Crippen LogP contribution is -2.58. The normalized spacial score (nSPS) is 60.7. The molecule has 0 radical (unpaired) electrons. The molecule has 2 N–H and O–H groups in total. The van der Waals surface area contributed by atoms with Gasteiger partial charge in [-0.15, -0.1) is 0 Å². The Balaban J connectivity index is 1.28. The summed E-state index contributed by atoms with van der Waals surface area (Å²) >= 11 is 0. The number of nitrogens with zero attached hydrogens (tertiary/aromatic N) is 1. The molecule has 4 saturated carbocycles. The van der Waals surface area contributed by atoms with E-state index in [2.05, 4.69) is 25.7 Å². The van der Waals surface area contributed by atoms with Gasteiger partial charge in [-0.05, 0) is 116 Å². The van der Waals surface area contributed by atoms with Crippen LogP contribution in [-0.4, -0.2) is 46.5 Å². The first-order valence-corrected chi connectivity index (χ1v) is 13.5. The molecule has 170 valence electrons. The molecule has 0 aromatic rings. The second-order valence-electron chi connectivity index (χ2n) is 13.1. The van der Waals surface area contributed by atoms with Crippen molar-refractivity contribution >= 4 is 0 Å². The molecule has 4 aliphatic carbocycles. The summed E-state index contributed by atoms with van der Waals surface area (Å²) in [4.78, 5) is 2.92. The van der Waals surface area contributed by atoms with Crippen LogP contribution >= 0.6 is 0 Å². The first kappa shape index (κ1) is 20.5. The SMILES string of the molecule is CC1CC[C@H]2[C@@H](C)[C@H]3CC[C@@H]4[C@@H](C[C@H]5[C@H]4C[C@@H](O)[C@H]4C[C@@H](O)CC[C@@]45C)[C@@H]3CN2C1. The van der Waals surface area contributed by atoms with Crippen LogP contribution in [0.5, 0.6) is 0 Å². The van der Waals surface area contributed by atoms with E-state index in [1.54, 1.807) is 0 Å². The van der Waals surface area contributed by atoms with Gasteiger partial charge in [-0.25, -0.2) is 0 Å². The van der Waals surface area contributed by atoms with Crippen molar-refractivity contribution in [1.29, 1.82) is 0 Å². The molecule has 2 aliphatic heterocycles.